The molecule has 172 valence electrons. The summed E-state index contributed by atoms with van der Waals surface area (Å²) in [6.07, 6.45) is 0.728. The molecule has 10 heteroatoms. The average Bonchev–Trinajstić information content (AvgIpc) is 3.31. The minimum absolute atomic E-state index is 0.0862. The van der Waals surface area contributed by atoms with E-state index in [0.717, 1.165) is 17.9 Å². The van der Waals surface area contributed by atoms with Crippen LogP contribution in [0.2, 0.25) is 0 Å². The molecular formula is C23H23N3O5S2. The van der Waals surface area contributed by atoms with Gasteiger partial charge in [-0.25, -0.2) is 4.98 Å². The number of thioether (sulfide) groups is 2. The predicted molar refractivity (Wildman–Crippen MR) is 130 cm³/mol. The molecular weight excluding hydrogens is 462 g/mol. The van der Waals surface area contributed by atoms with E-state index in [1.807, 2.05) is 0 Å². The van der Waals surface area contributed by atoms with Crippen LogP contribution in [0.1, 0.15) is 5.69 Å². The van der Waals surface area contributed by atoms with Crippen molar-refractivity contribution in [3.05, 3.63) is 58.5 Å². The minimum Gasteiger partial charge on any atom is -0.497 e. The number of anilines is 1. The van der Waals surface area contributed by atoms with Crippen LogP contribution in [0, 0.1) is 0 Å². The third-order valence-electron chi connectivity index (χ3n) is 4.98. The summed E-state index contributed by atoms with van der Waals surface area (Å²) in [7, 11) is 4.67. The lowest BCUT2D eigenvalue weighted by Crippen LogP contribution is -2.24. The molecule has 0 saturated carbocycles. The van der Waals surface area contributed by atoms with Gasteiger partial charge < -0.3 is 19.5 Å². The van der Waals surface area contributed by atoms with E-state index in [1.54, 1.807) is 63.8 Å². The standard InChI is InChI=1S/C23H23N3O5S2/c1-29-16-6-4-5-14(11-16)24-20(27)13-33-23-25-17-9-10-32-21(17)22(28)26(23)15-7-8-18(30-2)19(12-15)31-3/h4-8,11-12H,9-10,13H2,1-3H3,(H,24,27). The first kappa shape index (κ1) is 23.1. The molecule has 0 bridgehead atoms. The Hall–Kier alpha value is -3.11. The number of aromatic nitrogens is 2. The van der Waals surface area contributed by atoms with E-state index in [4.69, 9.17) is 19.2 Å². The van der Waals surface area contributed by atoms with Crippen LogP contribution in [0.25, 0.3) is 5.69 Å². The molecule has 8 nitrogen and oxygen atoms in total. The molecule has 0 saturated heterocycles. The van der Waals surface area contributed by atoms with Crippen molar-refractivity contribution < 1.29 is 19.0 Å². The maximum atomic E-state index is 13.3. The van der Waals surface area contributed by atoms with Gasteiger partial charge in [0.15, 0.2) is 16.7 Å². The lowest BCUT2D eigenvalue weighted by molar-refractivity contribution is -0.113. The van der Waals surface area contributed by atoms with E-state index in [9.17, 15) is 9.59 Å². The van der Waals surface area contributed by atoms with Gasteiger partial charge in [-0.2, -0.15) is 0 Å². The number of methoxy groups -OCH3 is 3. The molecule has 0 radical (unpaired) electrons. The number of ether oxygens (including phenoxy) is 3. The van der Waals surface area contributed by atoms with Gasteiger partial charge >= 0.3 is 0 Å². The molecule has 0 unspecified atom stereocenters. The van der Waals surface area contributed by atoms with E-state index in [1.165, 1.54) is 28.1 Å². The van der Waals surface area contributed by atoms with Gasteiger partial charge in [0, 0.05) is 30.0 Å². The summed E-state index contributed by atoms with van der Waals surface area (Å²) in [5.74, 6) is 2.40. The molecule has 1 aliphatic rings. The second-order valence-corrected chi connectivity index (χ2v) is 9.06. The van der Waals surface area contributed by atoms with Crippen molar-refractivity contribution in [2.45, 2.75) is 16.5 Å². The molecule has 33 heavy (non-hydrogen) atoms. The van der Waals surface area contributed by atoms with Crippen LogP contribution < -0.4 is 25.1 Å². The number of hydrogen-bond acceptors (Lipinski definition) is 8. The molecule has 0 atom stereocenters. The van der Waals surface area contributed by atoms with Crippen LogP contribution in [0.15, 0.2) is 57.3 Å². The zero-order valence-electron chi connectivity index (χ0n) is 18.4. The number of rotatable bonds is 8. The third kappa shape index (κ3) is 4.96. The van der Waals surface area contributed by atoms with Crippen molar-refractivity contribution in [2.24, 2.45) is 0 Å². The van der Waals surface area contributed by atoms with Gasteiger partial charge in [0.25, 0.3) is 5.56 Å². The van der Waals surface area contributed by atoms with Gasteiger partial charge in [-0.1, -0.05) is 17.8 Å². The number of nitrogens with one attached hydrogen (secondary N) is 1. The number of nitrogens with zero attached hydrogens (tertiary/aromatic N) is 2. The predicted octanol–water partition coefficient (Wildman–Crippen LogP) is 3.64. The van der Waals surface area contributed by atoms with Crippen molar-refractivity contribution in [2.75, 3.05) is 38.2 Å². The number of amides is 1. The lowest BCUT2D eigenvalue weighted by Gasteiger charge is -2.15. The molecule has 2 aromatic carbocycles. The fourth-order valence-electron chi connectivity index (χ4n) is 3.41. The molecule has 0 fully saturated rings. The average molecular weight is 486 g/mol. The van der Waals surface area contributed by atoms with Crippen molar-refractivity contribution in [3.63, 3.8) is 0 Å². The first-order valence-corrected chi connectivity index (χ1v) is 12.1. The summed E-state index contributed by atoms with van der Waals surface area (Å²) in [5, 5.41) is 3.30. The highest BCUT2D eigenvalue weighted by atomic mass is 32.2. The van der Waals surface area contributed by atoms with Gasteiger partial charge in [0.05, 0.1) is 43.4 Å². The summed E-state index contributed by atoms with van der Waals surface area (Å²) >= 11 is 2.72. The second kappa shape index (κ2) is 10.2. The van der Waals surface area contributed by atoms with Crippen LogP contribution >= 0.6 is 23.5 Å². The van der Waals surface area contributed by atoms with Gasteiger partial charge in [-0.15, -0.1) is 11.8 Å². The monoisotopic (exact) mass is 485 g/mol. The molecule has 1 aliphatic heterocycles. The van der Waals surface area contributed by atoms with Gasteiger partial charge in [0.2, 0.25) is 5.91 Å². The first-order chi connectivity index (χ1) is 16.0. The maximum Gasteiger partial charge on any atom is 0.272 e. The number of carbonyl (C=O) groups is 1. The Morgan fingerprint density at radius 2 is 1.94 bits per heavy atom. The van der Waals surface area contributed by atoms with E-state index in [2.05, 4.69) is 5.32 Å². The highest BCUT2D eigenvalue weighted by Gasteiger charge is 2.23. The summed E-state index contributed by atoms with van der Waals surface area (Å²) in [6, 6.07) is 12.4. The van der Waals surface area contributed by atoms with Crippen molar-refractivity contribution >= 4 is 35.1 Å². The maximum absolute atomic E-state index is 13.3. The molecule has 1 N–H and O–H groups in total. The largest absolute Gasteiger partial charge is 0.497 e. The summed E-state index contributed by atoms with van der Waals surface area (Å²) < 4.78 is 17.4. The number of carbonyl (C=O) groups excluding carboxylic acids is 1. The van der Waals surface area contributed by atoms with Crippen LogP contribution in [0.4, 0.5) is 5.69 Å². The van der Waals surface area contributed by atoms with Crippen molar-refractivity contribution in [1.29, 1.82) is 0 Å². The van der Waals surface area contributed by atoms with Gasteiger partial charge in [-0.05, 0) is 24.3 Å². The summed E-state index contributed by atoms with van der Waals surface area (Å²) in [4.78, 5) is 31.3. The van der Waals surface area contributed by atoms with Crippen LogP contribution in [-0.4, -0.2) is 48.3 Å². The third-order valence-corrected chi connectivity index (χ3v) is 7.02. The topological polar surface area (TPSA) is 91.7 Å². The van der Waals surface area contributed by atoms with E-state index >= 15 is 0 Å². The highest BCUT2D eigenvalue weighted by Crippen LogP contribution is 2.33. The lowest BCUT2D eigenvalue weighted by atomic mass is 10.2. The normalized spacial score (nSPS) is 12.2. The Labute approximate surface area is 199 Å². The van der Waals surface area contributed by atoms with Crippen molar-refractivity contribution in [1.82, 2.24) is 9.55 Å². The molecule has 1 amide bonds. The zero-order chi connectivity index (χ0) is 23.4. The van der Waals surface area contributed by atoms with Crippen LogP contribution in [-0.2, 0) is 11.2 Å². The molecule has 3 aromatic rings. The highest BCUT2D eigenvalue weighted by molar-refractivity contribution is 8.00. The Morgan fingerprint density at radius 1 is 1.12 bits per heavy atom. The van der Waals surface area contributed by atoms with Crippen LogP contribution in [0.5, 0.6) is 17.2 Å². The zero-order valence-corrected chi connectivity index (χ0v) is 20.0. The molecule has 4 rings (SSSR count). The Bertz CT molecular complexity index is 1250. The second-order valence-electron chi connectivity index (χ2n) is 7.02. The van der Waals surface area contributed by atoms with E-state index < -0.39 is 0 Å². The quantitative estimate of drug-likeness (QED) is 0.382. The minimum atomic E-state index is -0.212. The molecule has 2 heterocycles. The molecule has 0 spiro atoms. The van der Waals surface area contributed by atoms with E-state index in [0.29, 0.717) is 38.7 Å². The Morgan fingerprint density at radius 3 is 2.70 bits per heavy atom. The Kier molecular flexibility index (Phi) is 7.14. The molecule has 1 aromatic heterocycles. The van der Waals surface area contributed by atoms with Gasteiger partial charge in [-0.3, -0.25) is 14.2 Å². The van der Waals surface area contributed by atoms with Gasteiger partial charge in [0.1, 0.15) is 5.75 Å². The number of hydrogen-bond donors (Lipinski definition) is 1. The summed E-state index contributed by atoms with van der Waals surface area (Å²) in [5.41, 5.74) is 1.86. The smallest absolute Gasteiger partial charge is 0.272 e. The van der Waals surface area contributed by atoms with E-state index in [-0.39, 0.29) is 17.2 Å². The number of fused-ring (bicyclic) bond motifs is 1. The Balaban J connectivity index is 1.63. The first-order valence-electron chi connectivity index (χ1n) is 10.1. The molecule has 0 aliphatic carbocycles. The van der Waals surface area contributed by atoms with Crippen LogP contribution in [0.3, 0.4) is 0 Å². The van der Waals surface area contributed by atoms with Crippen molar-refractivity contribution in [3.8, 4) is 22.9 Å². The number of benzene rings is 2. The summed E-state index contributed by atoms with van der Waals surface area (Å²) in [6.45, 7) is 0. The fourth-order valence-corrected chi connectivity index (χ4v) is 5.26. The SMILES string of the molecule is COc1cccc(NC(=O)CSc2nc3c(c(=O)n2-c2ccc(OC)c(OC)c2)SCC3)c1. The number of aryl methyl sites for hydroxylation is 1. The fraction of sp³-hybridized carbons (Fsp3) is 0.261.